The van der Waals surface area contributed by atoms with E-state index in [2.05, 4.69) is 4.90 Å². The standard InChI is InChI=1S/C25H28N2O6/c1-31-19-9-8-18(16-20(19)32-2)22-21(23(28)17-6-4-3-5-7-17)24(29)25(30)27(22)11-10-26-12-14-33-15-13-26/h3-9,16,22,28H,10-15H2,1-2H3/t22-/m0/s1. The molecule has 0 unspecified atom stereocenters. The number of amides is 1. The zero-order valence-electron chi connectivity index (χ0n) is 18.8. The molecule has 1 amide bonds. The van der Waals surface area contributed by atoms with Gasteiger partial charge in [0.2, 0.25) is 0 Å². The van der Waals surface area contributed by atoms with Gasteiger partial charge in [0.1, 0.15) is 5.76 Å². The Morgan fingerprint density at radius 1 is 1.00 bits per heavy atom. The number of benzene rings is 2. The first-order valence-corrected chi connectivity index (χ1v) is 10.9. The minimum absolute atomic E-state index is 0.0698. The first-order valence-electron chi connectivity index (χ1n) is 10.9. The fraction of sp³-hybridized carbons (Fsp3) is 0.360. The molecule has 0 saturated carbocycles. The van der Waals surface area contributed by atoms with E-state index >= 15 is 0 Å². The Kier molecular flexibility index (Phi) is 6.96. The second kappa shape index (κ2) is 10.1. The van der Waals surface area contributed by atoms with Crippen LogP contribution in [0.4, 0.5) is 0 Å². The maximum absolute atomic E-state index is 13.1. The second-order valence-electron chi connectivity index (χ2n) is 7.93. The van der Waals surface area contributed by atoms with Gasteiger partial charge in [-0.05, 0) is 17.7 Å². The molecule has 2 heterocycles. The van der Waals surface area contributed by atoms with E-state index in [1.165, 1.54) is 12.0 Å². The molecule has 1 atom stereocenters. The van der Waals surface area contributed by atoms with Crippen LogP contribution in [-0.2, 0) is 14.3 Å². The smallest absolute Gasteiger partial charge is 0.295 e. The number of morpholine rings is 1. The first-order chi connectivity index (χ1) is 16.0. The van der Waals surface area contributed by atoms with Gasteiger partial charge in [0.05, 0.1) is 39.0 Å². The molecule has 1 N–H and O–H groups in total. The Labute approximate surface area is 193 Å². The molecule has 2 aliphatic heterocycles. The Bertz CT molecular complexity index is 1050. The largest absolute Gasteiger partial charge is 0.507 e. The Morgan fingerprint density at radius 2 is 1.70 bits per heavy atom. The van der Waals surface area contributed by atoms with E-state index in [0.29, 0.717) is 48.9 Å². The predicted octanol–water partition coefficient (Wildman–Crippen LogP) is 2.46. The molecule has 174 valence electrons. The van der Waals surface area contributed by atoms with Crippen molar-refractivity contribution in [1.82, 2.24) is 9.80 Å². The summed E-state index contributed by atoms with van der Waals surface area (Å²) in [5.41, 5.74) is 1.21. The van der Waals surface area contributed by atoms with Crippen molar-refractivity contribution < 1.29 is 28.9 Å². The van der Waals surface area contributed by atoms with Crippen molar-refractivity contribution in [2.75, 3.05) is 53.6 Å². The number of ether oxygens (including phenoxy) is 3. The number of likely N-dealkylation sites (tertiary alicyclic amines) is 1. The Balaban J connectivity index is 1.77. The summed E-state index contributed by atoms with van der Waals surface area (Å²) in [4.78, 5) is 30.0. The van der Waals surface area contributed by atoms with Crippen LogP contribution in [0.5, 0.6) is 11.5 Å². The monoisotopic (exact) mass is 452 g/mol. The summed E-state index contributed by atoms with van der Waals surface area (Å²) in [7, 11) is 3.07. The molecule has 0 aliphatic carbocycles. The van der Waals surface area contributed by atoms with Gasteiger partial charge in [-0.2, -0.15) is 0 Å². The van der Waals surface area contributed by atoms with E-state index in [9.17, 15) is 14.7 Å². The highest BCUT2D eigenvalue weighted by atomic mass is 16.5. The van der Waals surface area contributed by atoms with Crippen LogP contribution in [0.2, 0.25) is 0 Å². The third-order valence-electron chi connectivity index (χ3n) is 6.07. The van der Waals surface area contributed by atoms with Gasteiger partial charge in [0.15, 0.2) is 11.5 Å². The van der Waals surface area contributed by atoms with Crippen LogP contribution in [0.15, 0.2) is 54.1 Å². The first kappa shape index (κ1) is 22.8. The number of carbonyl (C=O) groups excluding carboxylic acids is 2. The number of methoxy groups -OCH3 is 2. The van der Waals surface area contributed by atoms with Crippen LogP contribution in [-0.4, -0.2) is 80.2 Å². The zero-order chi connectivity index (χ0) is 23.4. The van der Waals surface area contributed by atoms with Gasteiger partial charge in [-0.1, -0.05) is 36.4 Å². The molecule has 8 nitrogen and oxygen atoms in total. The Morgan fingerprint density at radius 3 is 2.36 bits per heavy atom. The van der Waals surface area contributed by atoms with Crippen molar-refractivity contribution in [3.63, 3.8) is 0 Å². The number of aliphatic hydroxyl groups excluding tert-OH is 1. The number of ketones is 1. The number of aliphatic hydroxyl groups is 1. The Hall–Kier alpha value is -3.36. The number of hydrogen-bond acceptors (Lipinski definition) is 7. The second-order valence-corrected chi connectivity index (χ2v) is 7.93. The summed E-state index contributed by atoms with van der Waals surface area (Å²) in [6.45, 7) is 3.78. The molecule has 0 bridgehead atoms. The highest BCUT2D eigenvalue weighted by molar-refractivity contribution is 6.46. The van der Waals surface area contributed by atoms with Crippen LogP contribution in [0.25, 0.3) is 5.76 Å². The molecule has 2 aromatic carbocycles. The predicted molar refractivity (Wildman–Crippen MR) is 122 cm³/mol. The van der Waals surface area contributed by atoms with Gasteiger partial charge < -0.3 is 24.2 Å². The average molecular weight is 453 g/mol. The topological polar surface area (TPSA) is 88.5 Å². The molecule has 0 radical (unpaired) electrons. The molecule has 0 spiro atoms. The van der Waals surface area contributed by atoms with E-state index in [1.54, 1.807) is 49.6 Å². The van der Waals surface area contributed by atoms with Gasteiger partial charge in [0, 0.05) is 31.7 Å². The summed E-state index contributed by atoms with van der Waals surface area (Å²) < 4.78 is 16.2. The van der Waals surface area contributed by atoms with Gasteiger partial charge in [-0.25, -0.2) is 0 Å². The van der Waals surface area contributed by atoms with Crippen molar-refractivity contribution in [2.45, 2.75) is 6.04 Å². The number of hydrogen-bond donors (Lipinski definition) is 1. The van der Waals surface area contributed by atoms with Crippen molar-refractivity contribution in [3.05, 3.63) is 65.2 Å². The minimum Gasteiger partial charge on any atom is -0.507 e. The SMILES string of the molecule is COc1ccc([C@H]2C(=C(O)c3ccccc3)C(=O)C(=O)N2CCN2CCOCC2)cc1OC. The quantitative estimate of drug-likeness (QED) is 0.392. The van der Waals surface area contributed by atoms with Crippen LogP contribution in [0.1, 0.15) is 17.2 Å². The summed E-state index contributed by atoms with van der Waals surface area (Å²) in [6.07, 6.45) is 0. The molecule has 2 fully saturated rings. The zero-order valence-corrected chi connectivity index (χ0v) is 18.8. The summed E-state index contributed by atoms with van der Waals surface area (Å²) in [5, 5.41) is 11.1. The maximum Gasteiger partial charge on any atom is 0.295 e. The molecule has 33 heavy (non-hydrogen) atoms. The fourth-order valence-corrected chi connectivity index (χ4v) is 4.31. The van der Waals surface area contributed by atoms with E-state index < -0.39 is 17.7 Å². The molecule has 4 rings (SSSR count). The maximum atomic E-state index is 13.1. The van der Waals surface area contributed by atoms with E-state index in [4.69, 9.17) is 14.2 Å². The lowest BCUT2D eigenvalue weighted by molar-refractivity contribution is -0.140. The van der Waals surface area contributed by atoms with Crippen molar-refractivity contribution in [1.29, 1.82) is 0 Å². The summed E-state index contributed by atoms with van der Waals surface area (Å²) >= 11 is 0. The molecule has 0 aromatic heterocycles. The van der Waals surface area contributed by atoms with E-state index in [-0.39, 0.29) is 11.3 Å². The number of carbonyl (C=O) groups is 2. The van der Waals surface area contributed by atoms with Crippen molar-refractivity contribution >= 4 is 17.4 Å². The summed E-state index contributed by atoms with van der Waals surface area (Å²) in [5.74, 6) is -0.496. The van der Waals surface area contributed by atoms with Gasteiger partial charge in [-0.15, -0.1) is 0 Å². The normalized spacial score (nSPS) is 20.8. The molecule has 2 saturated heterocycles. The number of nitrogens with zero attached hydrogens (tertiary/aromatic N) is 2. The lowest BCUT2D eigenvalue weighted by atomic mass is 9.95. The van der Waals surface area contributed by atoms with Gasteiger partial charge in [-0.3, -0.25) is 14.5 Å². The van der Waals surface area contributed by atoms with Crippen LogP contribution in [0.3, 0.4) is 0 Å². The highest BCUT2D eigenvalue weighted by Crippen LogP contribution is 2.41. The number of Topliss-reactive ketones (excluding diaryl/α,β-unsaturated/α-hetero) is 1. The van der Waals surface area contributed by atoms with Crippen molar-refractivity contribution in [3.8, 4) is 11.5 Å². The van der Waals surface area contributed by atoms with E-state index in [1.807, 2.05) is 6.07 Å². The lowest BCUT2D eigenvalue weighted by Crippen LogP contribution is -2.42. The van der Waals surface area contributed by atoms with Crippen LogP contribution >= 0.6 is 0 Å². The van der Waals surface area contributed by atoms with Crippen molar-refractivity contribution in [2.24, 2.45) is 0 Å². The molecule has 8 heteroatoms. The number of rotatable bonds is 7. The highest BCUT2D eigenvalue weighted by Gasteiger charge is 2.46. The van der Waals surface area contributed by atoms with Gasteiger partial charge in [0.25, 0.3) is 11.7 Å². The summed E-state index contributed by atoms with van der Waals surface area (Å²) in [6, 6.07) is 13.3. The molecular formula is C25H28N2O6. The minimum atomic E-state index is -0.744. The lowest BCUT2D eigenvalue weighted by Gasteiger charge is -2.31. The van der Waals surface area contributed by atoms with E-state index in [0.717, 1.165) is 13.1 Å². The van der Waals surface area contributed by atoms with Crippen LogP contribution in [0, 0.1) is 0 Å². The molecule has 2 aliphatic rings. The fourth-order valence-electron chi connectivity index (χ4n) is 4.31. The van der Waals surface area contributed by atoms with Gasteiger partial charge >= 0.3 is 0 Å². The molecular weight excluding hydrogens is 424 g/mol. The van der Waals surface area contributed by atoms with Crippen LogP contribution < -0.4 is 9.47 Å². The average Bonchev–Trinajstić information content (AvgIpc) is 3.12. The third-order valence-corrected chi connectivity index (χ3v) is 6.07. The third kappa shape index (κ3) is 4.58. The molecule has 2 aromatic rings.